The summed E-state index contributed by atoms with van der Waals surface area (Å²) in [5, 5.41) is 19.2. The fourth-order valence-corrected chi connectivity index (χ4v) is 2.79. The first kappa shape index (κ1) is 21.1. The second kappa shape index (κ2) is 9.64. The molecule has 1 unspecified atom stereocenters. The molecule has 2 aromatic rings. The number of aliphatic hydroxyl groups excluding tert-OH is 2. The number of nitrogens with zero attached hydrogens (tertiary/aromatic N) is 2. The van der Waals surface area contributed by atoms with Crippen LogP contribution in [0.2, 0.25) is 0 Å². The zero-order chi connectivity index (χ0) is 19.9. The number of ether oxygens (including phenoxy) is 2. The summed E-state index contributed by atoms with van der Waals surface area (Å²) in [7, 11) is 0. The van der Waals surface area contributed by atoms with E-state index in [1.54, 1.807) is 31.7 Å². The first-order valence-electron chi connectivity index (χ1n) is 9.02. The van der Waals surface area contributed by atoms with Crippen molar-refractivity contribution in [2.24, 2.45) is 0 Å². The van der Waals surface area contributed by atoms with Gasteiger partial charge in [-0.1, -0.05) is 30.3 Å². The van der Waals surface area contributed by atoms with Gasteiger partial charge in [-0.05, 0) is 26.3 Å². The molecule has 148 valence electrons. The van der Waals surface area contributed by atoms with Gasteiger partial charge >= 0.3 is 5.97 Å². The quantitative estimate of drug-likeness (QED) is 0.614. The Morgan fingerprint density at radius 1 is 1.30 bits per heavy atom. The first-order valence-corrected chi connectivity index (χ1v) is 9.02. The van der Waals surface area contributed by atoms with E-state index in [-0.39, 0.29) is 32.3 Å². The molecule has 0 saturated carbocycles. The molecule has 1 aromatic carbocycles. The number of hydrogen-bond donors (Lipinski definition) is 2. The van der Waals surface area contributed by atoms with E-state index in [2.05, 4.69) is 4.98 Å². The van der Waals surface area contributed by atoms with Crippen molar-refractivity contribution in [1.82, 2.24) is 9.55 Å². The molecule has 0 spiro atoms. The molecule has 1 heterocycles. The van der Waals surface area contributed by atoms with E-state index in [0.717, 1.165) is 5.56 Å². The highest BCUT2D eigenvalue weighted by atomic mass is 16.5. The molecule has 0 amide bonds. The summed E-state index contributed by atoms with van der Waals surface area (Å²) >= 11 is 0. The topological polar surface area (TPSA) is 93.8 Å². The van der Waals surface area contributed by atoms with Gasteiger partial charge in [0.25, 0.3) is 0 Å². The SMILES string of the molecule is CCOC(=O)C(C)(C)c1ncn(COCc2ccccc2)c1CC(O)CO. The van der Waals surface area contributed by atoms with Gasteiger partial charge in [0.1, 0.15) is 12.1 Å². The second-order valence-electron chi connectivity index (χ2n) is 6.86. The minimum atomic E-state index is -0.981. The molecule has 1 atom stereocenters. The maximum atomic E-state index is 12.4. The van der Waals surface area contributed by atoms with Crippen molar-refractivity contribution in [1.29, 1.82) is 0 Å². The molecular weight excluding hydrogens is 348 g/mol. The molecular formula is C20H28N2O5. The second-order valence-corrected chi connectivity index (χ2v) is 6.86. The number of benzene rings is 1. The number of esters is 1. The molecule has 2 rings (SSSR count). The summed E-state index contributed by atoms with van der Waals surface area (Å²) < 4.78 is 12.7. The van der Waals surface area contributed by atoms with Crippen molar-refractivity contribution in [3.05, 3.63) is 53.6 Å². The summed E-state index contributed by atoms with van der Waals surface area (Å²) in [6.07, 6.45) is 0.788. The van der Waals surface area contributed by atoms with E-state index in [0.29, 0.717) is 18.0 Å². The molecule has 2 N–H and O–H groups in total. The third-order valence-corrected chi connectivity index (χ3v) is 4.31. The molecule has 0 saturated heterocycles. The van der Waals surface area contributed by atoms with Gasteiger partial charge in [0.2, 0.25) is 0 Å². The van der Waals surface area contributed by atoms with Crippen molar-refractivity contribution in [3.8, 4) is 0 Å². The number of aliphatic hydroxyl groups is 2. The van der Waals surface area contributed by atoms with Crippen LogP contribution in [0, 0.1) is 0 Å². The van der Waals surface area contributed by atoms with E-state index in [1.807, 2.05) is 30.3 Å². The van der Waals surface area contributed by atoms with E-state index < -0.39 is 11.5 Å². The van der Waals surface area contributed by atoms with Gasteiger partial charge in [0.05, 0.1) is 37.9 Å². The molecule has 27 heavy (non-hydrogen) atoms. The van der Waals surface area contributed by atoms with Gasteiger partial charge in [0, 0.05) is 12.1 Å². The predicted molar refractivity (Wildman–Crippen MR) is 99.9 cm³/mol. The van der Waals surface area contributed by atoms with Gasteiger partial charge in [-0.2, -0.15) is 0 Å². The zero-order valence-corrected chi connectivity index (χ0v) is 16.1. The zero-order valence-electron chi connectivity index (χ0n) is 16.1. The van der Waals surface area contributed by atoms with Crippen molar-refractivity contribution < 1.29 is 24.5 Å². The van der Waals surface area contributed by atoms with E-state index in [9.17, 15) is 15.0 Å². The molecule has 1 aromatic heterocycles. The lowest BCUT2D eigenvalue weighted by atomic mass is 9.87. The molecule has 0 aliphatic carbocycles. The smallest absolute Gasteiger partial charge is 0.317 e. The predicted octanol–water partition coefficient (Wildman–Crippen LogP) is 1.79. The van der Waals surface area contributed by atoms with Gasteiger partial charge in [-0.25, -0.2) is 4.98 Å². The summed E-state index contributed by atoms with van der Waals surface area (Å²) in [6.45, 7) is 5.76. The summed E-state index contributed by atoms with van der Waals surface area (Å²) in [6, 6.07) is 9.77. The van der Waals surface area contributed by atoms with Crippen LogP contribution in [0.15, 0.2) is 36.7 Å². The summed E-state index contributed by atoms with van der Waals surface area (Å²) in [4.78, 5) is 16.8. The van der Waals surface area contributed by atoms with Crippen molar-refractivity contribution in [3.63, 3.8) is 0 Å². The maximum absolute atomic E-state index is 12.4. The molecule has 0 bridgehead atoms. The number of hydrogen-bond acceptors (Lipinski definition) is 6. The van der Waals surface area contributed by atoms with Crippen LogP contribution < -0.4 is 0 Å². The standard InChI is InChI=1S/C20H28N2O5/c1-4-27-19(25)20(2,3)18-17(10-16(24)11-23)22(13-21-18)14-26-12-15-8-6-5-7-9-15/h5-9,13,16,23-24H,4,10-12,14H2,1-3H3. The lowest BCUT2D eigenvalue weighted by Gasteiger charge is -2.23. The molecule has 0 aliphatic heterocycles. The van der Waals surface area contributed by atoms with Gasteiger partial charge in [-0.3, -0.25) is 4.79 Å². The average molecular weight is 376 g/mol. The lowest BCUT2D eigenvalue weighted by molar-refractivity contribution is -0.149. The van der Waals surface area contributed by atoms with E-state index >= 15 is 0 Å². The largest absolute Gasteiger partial charge is 0.465 e. The van der Waals surface area contributed by atoms with Crippen LogP contribution in [0.4, 0.5) is 0 Å². The number of carbonyl (C=O) groups excluding carboxylic acids is 1. The number of aromatic nitrogens is 2. The maximum Gasteiger partial charge on any atom is 0.317 e. The van der Waals surface area contributed by atoms with Crippen molar-refractivity contribution >= 4 is 5.97 Å². The fourth-order valence-electron chi connectivity index (χ4n) is 2.79. The number of rotatable bonds is 10. The van der Waals surface area contributed by atoms with E-state index in [1.165, 1.54) is 0 Å². The normalized spacial score (nSPS) is 12.8. The Hall–Kier alpha value is -2.22. The average Bonchev–Trinajstić information content (AvgIpc) is 3.06. The van der Waals surface area contributed by atoms with Crippen LogP contribution in [0.3, 0.4) is 0 Å². The van der Waals surface area contributed by atoms with Crippen LogP contribution in [-0.4, -0.2) is 45.1 Å². The third kappa shape index (κ3) is 5.38. The highest BCUT2D eigenvalue weighted by Gasteiger charge is 2.37. The molecule has 0 aliphatic rings. The summed E-state index contributed by atoms with van der Waals surface area (Å²) in [5.41, 5.74) is 1.21. The van der Waals surface area contributed by atoms with Crippen molar-refractivity contribution in [2.75, 3.05) is 13.2 Å². The Balaban J connectivity index is 2.21. The minimum Gasteiger partial charge on any atom is -0.465 e. The Morgan fingerprint density at radius 3 is 2.63 bits per heavy atom. The first-order chi connectivity index (χ1) is 12.9. The van der Waals surface area contributed by atoms with Gasteiger partial charge < -0.3 is 24.3 Å². The Kier molecular flexibility index (Phi) is 7.53. The Bertz CT molecular complexity index is 727. The van der Waals surface area contributed by atoms with Crippen LogP contribution in [0.5, 0.6) is 0 Å². The highest BCUT2D eigenvalue weighted by Crippen LogP contribution is 2.28. The highest BCUT2D eigenvalue weighted by molar-refractivity contribution is 5.81. The number of carbonyl (C=O) groups is 1. The molecule has 7 nitrogen and oxygen atoms in total. The van der Waals surface area contributed by atoms with Crippen LogP contribution in [-0.2, 0) is 39.4 Å². The molecule has 7 heteroatoms. The van der Waals surface area contributed by atoms with Crippen LogP contribution in [0.1, 0.15) is 37.7 Å². The molecule has 0 fully saturated rings. The van der Waals surface area contributed by atoms with Gasteiger partial charge in [-0.15, -0.1) is 0 Å². The number of imidazole rings is 1. The van der Waals surface area contributed by atoms with Crippen LogP contribution >= 0.6 is 0 Å². The third-order valence-electron chi connectivity index (χ3n) is 4.31. The Morgan fingerprint density at radius 2 is 2.00 bits per heavy atom. The fraction of sp³-hybridized carbons (Fsp3) is 0.500. The monoisotopic (exact) mass is 376 g/mol. The molecule has 0 radical (unpaired) electrons. The minimum absolute atomic E-state index is 0.156. The Labute approximate surface area is 159 Å². The van der Waals surface area contributed by atoms with Gasteiger partial charge in [0.15, 0.2) is 0 Å². The summed E-state index contributed by atoms with van der Waals surface area (Å²) in [5.74, 6) is -0.389. The lowest BCUT2D eigenvalue weighted by Crippen LogP contribution is -2.33. The van der Waals surface area contributed by atoms with Crippen LogP contribution in [0.25, 0.3) is 0 Å². The van der Waals surface area contributed by atoms with E-state index in [4.69, 9.17) is 9.47 Å². The van der Waals surface area contributed by atoms with Crippen molar-refractivity contribution in [2.45, 2.75) is 52.0 Å².